The molecule has 0 radical (unpaired) electrons. The van der Waals surface area contributed by atoms with E-state index in [2.05, 4.69) is 4.98 Å². The van der Waals surface area contributed by atoms with Gasteiger partial charge >= 0.3 is 0 Å². The topological polar surface area (TPSA) is 33.2 Å². The average Bonchev–Trinajstić information content (AvgIpc) is 2.39. The number of carbonyl (C=O) groups is 1. The van der Waals surface area contributed by atoms with Crippen LogP contribution in [-0.2, 0) is 4.79 Å². The summed E-state index contributed by atoms with van der Waals surface area (Å²) in [6.07, 6.45) is 3.89. The van der Waals surface area contributed by atoms with Gasteiger partial charge in [0.05, 0.1) is 0 Å². The number of nitrogens with zero attached hydrogens (tertiary/aromatic N) is 2. The van der Waals surface area contributed by atoms with Gasteiger partial charge in [0.25, 0.3) is 0 Å². The summed E-state index contributed by atoms with van der Waals surface area (Å²) < 4.78 is 0. The molecule has 2 heterocycles. The van der Waals surface area contributed by atoms with Crippen molar-refractivity contribution < 1.29 is 4.79 Å². The highest BCUT2D eigenvalue weighted by molar-refractivity contribution is 6.29. The fourth-order valence-electron chi connectivity index (χ4n) is 2.43. The van der Waals surface area contributed by atoms with E-state index in [0.717, 1.165) is 25.9 Å². The molecule has 0 atom stereocenters. The second-order valence-corrected chi connectivity index (χ2v) is 5.56. The second-order valence-electron chi connectivity index (χ2n) is 5.17. The Morgan fingerprint density at radius 3 is 2.56 bits per heavy atom. The highest BCUT2D eigenvalue weighted by atomic mass is 35.5. The molecule has 2 rings (SSSR count). The Kier molecular flexibility index (Phi) is 4.23. The molecule has 98 valence electrons. The third-order valence-corrected chi connectivity index (χ3v) is 3.75. The van der Waals surface area contributed by atoms with Crippen LogP contribution in [0.25, 0.3) is 0 Å². The zero-order valence-electron chi connectivity index (χ0n) is 10.9. The number of pyridine rings is 1. The summed E-state index contributed by atoms with van der Waals surface area (Å²) in [6, 6.07) is 3.88. The van der Waals surface area contributed by atoms with Crippen LogP contribution in [0, 0.1) is 5.92 Å². The Morgan fingerprint density at radius 2 is 2.06 bits per heavy atom. The lowest BCUT2D eigenvalue weighted by atomic mass is 9.90. The van der Waals surface area contributed by atoms with E-state index in [1.54, 1.807) is 0 Å². The van der Waals surface area contributed by atoms with E-state index in [9.17, 15) is 4.79 Å². The highest BCUT2D eigenvalue weighted by Crippen LogP contribution is 2.28. The normalized spacial score (nSPS) is 17.2. The van der Waals surface area contributed by atoms with Crippen molar-refractivity contribution in [3.8, 4) is 0 Å². The monoisotopic (exact) mass is 266 g/mol. The number of hydrogen-bond donors (Lipinski definition) is 0. The molecule has 0 aromatic carbocycles. The molecule has 0 saturated carbocycles. The molecule has 4 heteroatoms. The van der Waals surface area contributed by atoms with E-state index in [-0.39, 0.29) is 11.8 Å². The molecule has 1 aromatic heterocycles. The maximum absolute atomic E-state index is 11.9. The molecular weight excluding hydrogens is 248 g/mol. The molecule has 0 spiro atoms. The number of hydrogen-bond acceptors (Lipinski definition) is 2. The standard InChI is InChI=1S/C14H19ClN2O/c1-10(2)14(18)17-7-5-11(6-8-17)12-3-4-13(15)16-9-12/h3-4,9-11H,5-8H2,1-2H3. The van der Waals surface area contributed by atoms with E-state index >= 15 is 0 Å². The zero-order chi connectivity index (χ0) is 13.1. The number of rotatable bonds is 2. The molecular formula is C14H19ClN2O. The van der Waals surface area contributed by atoms with Crippen LogP contribution >= 0.6 is 11.6 Å². The van der Waals surface area contributed by atoms with Gasteiger partial charge in [-0.2, -0.15) is 0 Å². The van der Waals surface area contributed by atoms with Crippen molar-refractivity contribution in [2.24, 2.45) is 5.92 Å². The lowest BCUT2D eigenvalue weighted by Gasteiger charge is -2.33. The summed E-state index contributed by atoms with van der Waals surface area (Å²) >= 11 is 5.79. The van der Waals surface area contributed by atoms with Crippen LogP contribution in [-0.4, -0.2) is 28.9 Å². The van der Waals surface area contributed by atoms with Gasteiger partial charge in [-0.1, -0.05) is 31.5 Å². The van der Waals surface area contributed by atoms with E-state index in [1.165, 1.54) is 5.56 Å². The van der Waals surface area contributed by atoms with E-state index in [4.69, 9.17) is 11.6 Å². The van der Waals surface area contributed by atoms with E-state index in [0.29, 0.717) is 11.1 Å². The van der Waals surface area contributed by atoms with Gasteiger partial charge < -0.3 is 4.90 Å². The predicted molar refractivity (Wildman–Crippen MR) is 72.6 cm³/mol. The van der Waals surface area contributed by atoms with Crippen LogP contribution in [0.1, 0.15) is 38.2 Å². The van der Waals surface area contributed by atoms with Crippen LogP contribution in [0.3, 0.4) is 0 Å². The first kappa shape index (κ1) is 13.3. The summed E-state index contributed by atoms with van der Waals surface area (Å²) in [5.74, 6) is 0.868. The maximum atomic E-state index is 11.9. The first-order chi connectivity index (χ1) is 8.58. The van der Waals surface area contributed by atoms with Crippen LogP contribution in [0.15, 0.2) is 18.3 Å². The number of likely N-dealkylation sites (tertiary alicyclic amines) is 1. The van der Waals surface area contributed by atoms with Crippen LogP contribution in [0.2, 0.25) is 5.15 Å². The van der Waals surface area contributed by atoms with Gasteiger partial charge in [-0.3, -0.25) is 4.79 Å². The molecule has 0 aliphatic carbocycles. The minimum absolute atomic E-state index is 0.0961. The fourth-order valence-corrected chi connectivity index (χ4v) is 2.54. The maximum Gasteiger partial charge on any atom is 0.225 e. The average molecular weight is 267 g/mol. The Balaban J connectivity index is 1.94. The molecule has 0 unspecified atom stereocenters. The molecule has 0 N–H and O–H groups in total. The van der Waals surface area contributed by atoms with Gasteiger partial charge in [-0.25, -0.2) is 4.98 Å². The van der Waals surface area contributed by atoms with Crippen molar-refractivity contribution in [2.75, 3.05) is 13.1 Å². The highest BCUT2D eigenvalue weighted by Gasteiger charge is 2.25. The smallest absolute Gasteiger partial charge is 0.225 e. The third kappa shape index (κ3) is 3.02. The zero-order valence-corrected chi connectivity index (χ0v) is 11.7. The van der Waals surface area contributed by atoms with Crippen molar-refractivity contribution in [1.29, 1.82) is 0 Å². The van der Waals surface area contributed by atoms with Gasteiger partial charge in [0, 0.05) is 25.2 Å². The van der Waals surface area contributed by atoms with Crippen molar-refractivity contribution in [1.82, 2.24) is 9.88 Å². The molecule has 0 bridgehead atoms. The number of amides is 1. The van der Waals surface area contributed by atoms with Crippen molar-refractivity contribution in [2.45, 2.75) is 32.6 Å². The Labute approximate surface area is 113 Å². The molecule has 1 aliphatic heterocycles. The van der Waals surface area contributed by atoms with Crippen molar-refractivity contribution in [3.05, 3.63) is 29.0 Å². The predicted octanol–water partition coefficient (Wildman–Crippen LogP) is 3.10. The van der Waals surface area contributed by atoms with Crippen molar-refractivity contribution >= 4 is 17.5 Å². The molecule has 18 heavy (non-hydrogen) atoms. The quantitative estimate of drug-likeness (QED) is 0.771. The summed E-state index contributed by atoms with van der Waals surface area (Å²) in [5.41, 5.74) is 1.23. The van der Waals surface area contributed by atoms with Gasteiger partial charge in [-0.05, 0) is 30.4 Å². The van der Waals surface area contributed by atoms with Crippen LogP contribution in [0.4, 0.5) is 0 Å². The number of carbonyl (C=O) groups excluding carboxylic acids is 1. The first-order valence-electron chi connectivity index (χ1n) is 6.48. The molecule has 1 saturated heterocycles. The second kappa shape index (κ2) is 5.70. The van der Waals surface area contributed by atoms with E-state index < -0.39 is 0 Å². The minimum Gasteiger partial charge on any atom is -0.342 e. The molecule has 1 fully saturated rings. The van der Waals surface area contributed by atoms with Gasteiger partial charge in [0.1, 0.15) is 5.15 Å². The summed E-state index contributed by atoms with van der Waals surface area (Å²) in [4.78, 5) is 18.0. The van der Waals surface area contributed by atoms with Crippen molar-refractivity contribution in [3.63, 3.8) is 0 Å². The largest absolute Gasteiger partial charge is 0.342 e. The number of aromatic nitrogens is 1. The lowest BCUT2D eigenvalue weighted by Crippen LogP contribution is -2.40. The number of piperidine rings is 1. The summed E-state index contributed by atoms with van der Waals surface area (Å²) in [6.45, 7) is 5.61. The molecule has 1 aliphatic rings. The third-order valence-electron chi connectivity index (χ3n) is 3.52. The lowest BCUT2D eigenvalue weighted by molar-refractivity contribution is -0.135. The van der Waals surface area contributed by atoms with E-state index in [1.807, 2.05) is 37.1 Å². The Bertz CT molecular complexity index is 408. The van der Waals surface area contributed by atoms with Crippen LogP contribution < -0.4 is 0 Å². The Hall–Kier alpha value is -1.09. The molecule has 1 amide bonds. The minimum atomic E-state index is 0.0961. The molecule has 1 aromatic rings. The van der Waals surface area contributed by atoms with Gasteiger partial charge in [0.15, 0.2) is 0 Å². The van der Waals surface area contributed by atoms with Crippen LogP contribution in [0.5, 0.6) is 0 Å². The number of halogens is 1. The molecule has 3 nitrogen and oxygen atoms in total. The summed E-state index contributed by atoms with van der Waals surface area (Å²) in [5, 5.41) is 0.533. The van der Waals surface area contributed by atoms with Gasteiger partial charge in [-0.15, -0.1) is 0 Å². The van der Waals surface area contributed by atoms with Gasteiger partial charge in [0.2, 0.25) is 5.91 Å². The first-order valence-corrected chi connectivity index (χ1v) is 6.86. The summed E-state index contributed by atoms with van der Waals surface area (Å²) in [7, 11) is 0. The fraction of sp³-hybridized carbons (Fsp3) is 0.571. The Morgan fingerprint density at radius 1 is 1.39 bits per heavy atom. The SMILES string of the molecule is CC(C)C(=O)N1CCC(c2ccc(Cl)nc2)CC1.